The Bertz CT molecular complexity index is 500. The number of anilines is 2. The molecule has 116 valence electrons. The number of unbranched alkanes of at least 4 members (excludes halogenated alkanes) is 1. The maximum absolute atomic E-state index is 12.2. The molecule has 0 radical (unpaired) electrons. The predicted octanol–water partition coefficient (Wildman–Crippen LogP) is 2.55. The molecule has 0 saturated heterocycles. The highest BCUT2D eigenvalue weighted by molar-refractivity contribution is 6.39. The number of nitrogens with zero attached hydrogens (tertiary/aromatic N) is 1. The Labute approximate surface area is 126 Å². The van der Waals surface area contributed by atoms with Gasteiger partial charge in [0, 0.05) is 13.1 Å². The molecule has 0 spiro atoms. The van der Waals surface area contributed by atoms with Crippen LogP contribution in [0.25, 0.3) is 0 Å². The molecule has 0 aliphatic rings. The Morgan fingerprint density at radius 2 is 1.90 bits per heavy atom. The minimum atomic E-state index is -0.628. The van der Waals surface area contributed by atoms with Gasteiger partial charge in [-0.15, -0.1) is 0 Å². The van der Waals surface area contributed by atoms with E-state index in [0.717, 1.165) is 24.8 Å². The minimum Gasteiger partial charge on any atom is -0.397 e. The minimum absolute atomic E-state index is 0.456. The van der Waals surface area contributed by atoms with E-state index in [1.807, 2.05) is 19.9 Å². The number of hydrogen-bond acceptors (Lipinski definition) is 3. The van der Waals surface area contributed by atoms with Crippen molar-refractivity contribution in [3.63, 3.8) is 0 Å². The number of carbonyl (C=O) groups is 2. The summed E-state index contributed by atoms with van der Waals surface area (Å²) >= 11 is 0. The molecule has 2 amide bonds. The highest BCUT2D eigenvalue weighted by Gasteiger charge is 2.21. The van der Waals surface area contributed by atoms with Gasteiger partial charge >= 0.3 is 11.8 Å². The number of nitrogen functional groups attached to an aromatic ring is 1. The molecule has 5 nitrogen and oxygen atoms in total. The van der Waals surface area contributed by atoms with E-state index in [9.17, 15) is 9.59 Å². The van der Waals surface area contributed by atoms with E-state index in [2.05, 4.69) is 12.2 Å². The molecule has 1 aromatic carbocycles. The van der Waals surface area contributed by atoms with Crippen LogP contribution in [0.5, 0.6) is 0 Å². The lowest BCUT2D eigenvalue weighted by Gasteiger charge is -2.21. The number of nitrogens with two attached hydrogens (primary N) is 1. The zero-order valence-corrected chi connectivity index (χ0v) is 13.1. The summed E-state index contributed by atoms with van der Waals surface area (Å²) in [7, 11) is 0. The molecular formula is C16H25N3O2. The average molecular weight is 291 g/mol. The number of nitrogens with one attached hydrogen (secondary N) is 1. The van der Waals surface area contributed by atoms with Gasteiger partial charge in [-0.1, -0.05) is 26.3 Å². The van der Waals surface area contributed by atoms with E-state index in [0.29, 0.717) is 24.5 Å². The first-order valence-electron chi connectivity index (χ1n) is 7.46. The van der Waals surface area contributed by atoms with E-state index in [1.165, 1.54) is 0 Å². The summed E-state index contributed by atoms with van der Waals surface area (Å²) in [4.78, 5) is 25.9. The van der Waals surface area contributed by atoms with Crippen LogP contribution in [0.4, 0.5) is 11.4 Å². The fourth-order valence-corrected chi connectivity index (χ4v) is 2.03. The Hall–Kier alpha value is -2.04. The van der Waals surface area contributed by atoms with Crippen molar-refractivity contribution in [2.45, 2.75) is 40.0 Å². The Balaban J connectivity index is 2.76. The summed E-state index contributed by atoms with van der Waals surface area (Å²) < 4.78 is 0. The molecule has 0 aromatic heterocycles. The van der Waals surface area contributed by atoms with Crippen LogP contribution < -0.4 is 11.1 Å². The highest BCUT2D eigenvalue weighted by atomic mass is 16.2. The van der Waals surface area contributed by atoms with Crippen molar-refractivity contribution < 1.29 is 9.59 Å². The van der Waals surface area contributed by atoms with E-state index < -0.39 is 11.8 Å². The smallest absolute Gasteiger partial charge is 0.313 e. The third-order valence-corrected chi connectivity index (χ3v) is 3.21. The summed E-state index contributed by atoms with van der Waals surface area (Å²) in [6.07, 6.45) is 2.71. The topological polar surface area (TPSA) is 75.4 Å². The maximum Gasteiger partial charge on any atom is 0.313 e. The molecule has 1 rings (SSSR count). The largest absolute Gasteiger partial charge is 0.397 e. The SMILES string of the molecule is CCCCN(CCC)C(=O)C(=O)Nc1cc(C)ccc1N. The molecule has 0 saturated carbocycles. The number of carbonyl (C=O) groups excluding carboxylic acids is 2. The predicted molar refractivity (Wildman–Crippen MR) is 86.0 cm³/mol. The van der Waals surface area contributed by atoms with Crippen LogP contribution in [0.2, 0.25) is 0 Å². The van der Waals surface area contributed by atoms with Gasteiger partial charge in [0.2, 0.25) is 0 Å². The normalized spacial score (nSPS) is 10.2. The zero-order valence-electron chi connectivity index (χ0n) is 13.1. The van der Waals surface area contributed by atoms with Gasteiger partial charge in [0.1, 0.15) is 0 Å². The molecule has 5 heteroatoms. The summed E-state index contributed by atoms with van der Waals surface area (Å²) in [5.74, 6) is -1.12. The number of benzene rings is 1. The quantitative estimate of drug-likeness (QED) is 0.624. The Morgan fingerprint density at radius 1 is 1.19 bits per heavy atom. The van der Waals surface area contributed by atoms with Gasteiger partial charge in [0.15, 0.2) is 0 Å². The molecule has 0 aliphatic heterocycles. The van der Waals surface area contributed by atoms with Crippen LogP contribution in [0.3, 0.4) is 0 Å². The fraction of sp³-hybridized carbons (Fsp3) is 0.500. The van der Waals surface area contributed by atoms with Crippen LogP contribution in [-0.4, -0.2) is 29.8 Å². The molecular weight excluding hydrogens is 266 g/mol. The van der Waals surface area contributed by atoms with Gasteiger partial charge in [-0.05, 0) is 37.5 Å². The maximum atomic E-state index is 12.2. The second kappa shape index (κ2) is 8.29. The van der Waals surface area contributed by atoms with E-state index in [4.69, 9.17) is 5.73 Å². The number of hydrogen-bond donors (Lipinski definition) is 2. The lowest BCUT2D eigenvalue weighted by Crippen LogP contribution is -2.40. The second-order valence-corrected chi connectivity index (χ2v) is 5.19. The molecule has 0 fully saturated rings. The molecule has 0 unspecified atom stereocenters. The van der Waals surface area contributed by atoms with E-state index >= 15 is 0 Å². The van der Waals surface area contributed by atoms with Gasteiger partial charge in [-0.2, -0.15) is 0 Å². The lowest BCUT2D eigenvalue weighted by atomic mass is 10.2. The first kappa shape index (κ1) is 17.0. The molecule has 3 N–H and O–H groups in total. The van der Waals surface area contributed by atoms with Crippen molar-refractivity contribution in [1.29, 1.82) is 0 Å². The van der Waals surface area contributed by atoms with Crippen molar-refractivity contribution >= 4 is 23.2 Å². The molecule has 0 aliphatic carbocycles. The van der Waals surface area contributed by atoms with E-state index in [1.54, 1.807) is 17.0 Å². The van der Waals surface area contributed by atoms with Crippen molar-refractivity contribution in [3.05, 3.63) is 23.8 Å². The second-order valence-electron chi connectivity index (χ2n) is 5.19. The number of amides is 2. The lowest BCUT2D eigenvalue weighted by molar-refractivity contribution is -0.143. The van der Waals surface area contributed by atoms with Crippen LogP contribution in [-0.2, 0) is 9.59 Å². The third-order valence-electron chi connectivity index (χ3n) is 3.21. The zero-order chi connectivity index (χ0) is 15.8. The average Bonchev–Trinajstić information content (AvgIpc) is 2.46. The highest BCUT2D eigenvalue weighted by Crippen LogP contribution is 2.19. The standard InChI is InChI=1S/C16H25N3O2/c1-4-6-10-19(9-5-2)16(21)15(20)18-14-11-12(3)7-8-13(14)17/h7-8,11H,4-6,9-10,17H2,1-3H3,(H,18,20). The van der Waals surface area contributed by atoms with Crippen LogP contribution >= 0.6 is 0 Å². The molecule has 0 bridgehead atoms. The summed E-state index contributed by atoms with van der Waals surface area (Å²) in [6.45, 7) is 7.15. The van der Waals surface area contributed by atoms with Crippen molar-refractivity contribution in [1.82, 2.24) is 4.90 Å². The summed E-state index contributed by atoms with van der Waals surface area (Å²) in [5.41, 5.74) is 7.73. The van der Waals surface area contributed by atoms with Crippen LogP contribution in [0.1, 0.15) is 38.7 Å². The van der Waals surface area contributed by atoms with Gasteiger partial charge in [-0.3, -0.25) is 9.59 Å². The summed E-state index contributed by atoms with van der Waals surface area (Å²) in [5, 5.41) is 2.61. The monoisotopic (exact) mass is 291 g/mol. The summed E-state index contributed by atoms with van der Waals surface area (Å²) in [6, 6.07) is 5.34. The fourth-order valence-electron chi connectivity index (χ4n) is 2.03. The molecule has 0 heterocycles. The van der Waals surface area contributed by atoms with Crippen LogP contribution in [0, 0.1) is 6.92 Å². The Kier molecular flexibility index (Phi) is 6.72. The molecule has 21 heavy (non-hydrogen) atoms. The van der Waals surface area contributed by atoms with Gasteiger partial charge < -0.3 is 16.0 Å². The van der Waals surface area contributed by atoms with E-state index in [-0.39, 0.29) is 0 Å². The van der Waals surface area contributed by atoms with Gasteiger partial charge in [0.05, 0.1) is 11.4 Å². The molecule has 0 atom stereocenters. The first-order valence-corrected chi connectivity index (χ1v) is 7.46. The number of aryl methyl sites for hydroxylation is 1. The Morgan fingerprint density at radius 3 is 2.52 bits per heavy atom. The third kappa shape index (κ3) is 5.10. The van der Waals surface area contributed by atoms with Crippen molar-refractivity contribution in [2.75, 3.05) is 24.1 Å². The van der Waals surface area contributed by atoms with Crippen molar-refractivity contribution in [3.8, 4) is 0 Å². The molecule has 1 aromatic rings. The van der Waals surface area contributed by atoms with Gasteiger partial charge in [-0.25, -0.2) is 0 Å². The van der Waals surface area contributed by atoms with Crippen molar-refractivity contribution in [2.24, 2.45) is 0 Å². The first-order chi connectivity index (χ1) is 9.99. The number of rotatable bonds is 6. The van der Waals surface area contributed by atoms with Gasteiger partial charge in [0.25, 0.3) is 0 Å². The van der Waals surface area contributed by atoms with Crippen LogP contribution in [0.15, 0.2) is 18.2 Å².